The normalized spacial score (nSPS) is 15.2. The van der Waals surface area contributed by atoms with Crippen LogP contribution in [0.2, 0.25) is 0 Å². The van der Waals surface area contributed by atoms with E-state index < -0.39 is 11.6 Å². The van der Waals surface area contributed by atoms with Gasteiger partial charge in [-0.3, -0.25) is 0 Å². The van der Waals surface area contributed by atoms with Gasteiger partial charge < -0.3 is 9.84 Å². The van der Waals surface area contributed by atoms with Gasteiger partial charge in [0.25, 0.3) is 0 Å². The maximum absolute atomic E-state index is 10.5. The molecule has 3 heteroatoms. The molecule has 0 heterocycles. The lowest BCUT2D eigenvalue weighted by Gasteiger charge is -2.19. The summed E-state index contributed by atoms with van der Waals surface area (Å²) in [5.41, 5.74) is -0.918. The van der Waals surface area contributed by atoms with Crippen molar-refractivity contribution in [3.05, 3.63) is 12.7 Å². The van der Waals surface area contributed by atoms with Crippen LogP contribution in [0, 0.1) is 0 Å². The molecule has 0 aromatic rings. The monoisotopic (exact) mass is 158 g/mol. The molecule has 1 atom stereocenters. The zero-order valence-corrected chi connectivity index (χ0v) is 6.96. The van der Waals surface area contributed by atoms with Crippen LogP contribution in [0.3, 0.4) is 0 Å². The summed E-state index contributed by atoms with van der Waals surface area (Å²) in [7, 11) is 0. The first-order chi connectivity index (χ1) is 5.02. The van der Waals surface area contributed by atoms with E-state index in [1.807, 2.05) is 6.92 Å². The van der Waals surface area contributed by atoms with Crippen LogP contribution < -0.4 is 0 Å². The van der Waals surface area contributed by atoms with Crippen LogP contribution in [-0.2, 0) is 9.53 Å². The van der Waals surface area contributed by atoms with E-state index in [4.69, 9.17) is 0 Å². The van der Waals surface area contributed by atoms with Gasteiger partial charge in [-0.15, -0.1) is 0 Å². The summed E-state index contributed by atoms with van der Waals surface area (Å²) in [6.45, 7) is 6.69. The van der Waals surface area contributed by atoms with E-state index in [1.54, 1.807) is 6.92 Å². The average Bonchev–Trinajstić information content (AvgIpc) is 2.00. The lowest BCUT2D eigenvalue weighted by Crippen LogP contribution is -2.30. The molecule has 0 saturated heterocycles. The zero-order chi connectivity index (χ0) is 8.91. The van der Waals surface area contributed by atoms with Crippen molar-refractivity contribution < 1.29 is 14.6 Å². The van der Waals surface area contributed by atoms with Gasteiger partial charge in [-0.25, -0.2) is 4.79 Å². The van der Waals surface area contributed by atoms with Crippen molar-refractivity contribution in [2.24, 2.45) is 0 Å². The molecular formula is C8H14O3. The molecule has 0 aliphatic carbocycles. The van der Waals surface area contributed by atoms with Crippen molar-refractivity contribution in [1.29, 1.82) is 0 Å². The first kappa shape index (κ1) is 10.2. The van der Waals surface area contributed by atoms with Crippen LogP contribution in [0.4, 0.5) is 0 Å². The van der Waals surface area contributed by atoms with Crippen LogP contribution in [0.5, 0.6) is 0 Å². The van der Waals surface area contributed by atoms with E-state index in [2.05, 4.69) is 11.3 Å². The first-order valence-electron chi connectivity index (χ1n) is 3.53. The summed E-state index contributed by atoms with van der Waals surface area (Å²) < 4.78 is 4.64. The SMILES string of the molecule is C=CC(=O)OCC(C)(O)CC. The Balaban J connectivity index is 3.69. The minimum atomic E-state index is -0.918. The molecule has 64 valence electrons. The Bertz CT molecular complexity index is 149. The van der Waals surface area contributed by atoms with Gasteiger partial charge in [0, 0.05) is 6.08 Å². The predicted molar refractivity (Wildman–Crippen MR) is 42.1 cm³/mol. The number of carbonyl (C=O) groups is 1. The van der Waals surface area contributed by atoms with E-state index >= 15 is 0 Å². The van der Waals surface area contributed by atoms with Gasteiger partial charge in [0.1, 0.15) is 6.61 Å². The number of hydrogen-bond donors (Lipinski definition) is 1. The van der Waals surface area contributed by atoms with Crippen LogP contribution in [0.25, 0.3) is 0 Å². The van der Waals surface area contributed by atoms with Crippen molar-refractivity contribution in [2.75, 3.05) is 6.61 Å². The van der Waals surface area contributed by atoms with E-state index in [0.29, 0.717) is 6.42 Å². The van der Waals surface area contributed by atoms with Crippen LogP contribution >= 0.6 is 0 Å². The molecule has 0 bridgehead atoms. The van der Waals surface area contributed by atoms with Crippen molar-refractivity contribution in [1.82, 2.24) is 0 Å². The summed E-state index contributed by atoms with van der Waals surface area (Å²) in [6, 6.07) is 0. The van der Waals surface area contributed by atoms with Crippen molar-refractivity contribution in [3.8, 4) is 0 Å². The van der Waals surface area contributed by atoms with E-state index in [9.17, 15) is 9.90 Å². The number of rotatable bonds is 4. The Morgan fingerprint density at radius 2 is 2.36 bits per heavy atom. The van der Waals surface area contributed by atoms with Crippen molar-refractivity contribution in [2.45, 2.75) is 25.9 Å². The molecule has 0 amide bonds. The fourth-order valence-corrected chi connectivity index (χ4v) is 0.388. The smallest absolute Gasteiger partial charge is 0.330 e. The van der Waals surface area contributed by atoms with Gasteiger partial charge >= 0.3 is 5.97 Å². The third-order valence-electron chi connectivity index (χ3n) is 1.45. The van der Waals surface area contributed by atoms with Crippen molar-refractivity contribution in [3.63, 3.8) is 0 Å². The minimum absolute atomic E-state index is 0.0222. The molecule has 0 rings (SSSR count). The lowest BCUT2D eigenvalue weighted by molar-refractivity contribution is -0.144. The quantitative estimate of drug-likeness (QED) is 0.488. The standard InChI is InChI=1S/C8H14O3/c1-4-7(9)11-6-8(3,10)5-2/h4,10H,1,5-6H2,2-3H3. The van der Waals surface area contributed by atoms with Crippen LogP contribution in [0.1, 0.15) is 20.3 Å². The number of aliphatic hydroxyl groups is 1. The van der Waals surface area contributed by atoms with Crippen molar-refractivity contribution >= 4 is 5.97 Å². The summed E-state index contributed by atoms with van der Waals surface area (Å²) in [6.07, 6.45) is 1.63. The molecule has 0 saturated carbocycles. The average molecular weight is 158 g/mol. The second-order valence-corrected chi connectivity index (χ2v) is 2.66. The third-order valence-corrected chi connectivity index (χ3v) is 1.45. The maximum atomic E-state index is 10.5. The highest BCUT2D eigenvalue weighted by Crippen LogP contribution is 2.08. The Morgan fingerprint density at radius 1 is 1.82 bits per heavy atom. The molecule has 0 spiro atoms. The Labute approximate surface area is 66.7 Å². The molecule has 1 N–H and O–H groups in total. The maximum Gasteiger partial charge on any atom is 0.330 e. The molecule has 0 aliphatic rings. The zero-order valence-electron chi connectivity index (χ0n) is 6.96. The van der Waals surface area contributed by atoms with Gasteiger partial charge in [-0.05, 0) is 13.3 Å². The van der Waals surface area contributed by atoms with Crippen LogP contribution in [-0.4, -0.2) is 23.3 Å². The van der Waals surface area contributed by atoms with E-state index in [1.165, 1.54) is 0 Å². The Kier molecular flexibility index (Phi) is 3.82. The topological polar surface area (TPSA) is 46.5 Å². The summed E-state index contributed by atoms with van der Waals surface area (Å²) in [5.74, 6) is -0.501. The van der Waals surface area contributed by atoms with Gasteiger partial charge in [0.15, 0.2) is 0 Å². The fourth-order valence-electron chi connectivity index (χ4n) is 0.388. The second kappa shape index (κ2) is 4.13. The van der Waals surface area contributed by atoms with Gasteiger partial charge in [0.05, 0.1) is 5.60 Å². The Morgan fingerprint density at radius 3 is 2.73 bits per heavy atom. The number of carbonyl (C=O) groups excluding carboxylic acids is 1. The fraction of sp³-hybridized carbons (Fsp3) is 0.625. The highest BCUT2D eigenvalue weighted by Gasteiger charge is 2.18. The molecule has 0 aromatic carbocycles. The summed E-state index contributed by atoms with van der Waals surface area (Å²) in [4.78, 5) is 10.5. The molecular weight excluding hydrogens is 144 g/mol. The number of esters is 1. The first-order valence-corrected chi connectivity index (χ1v) is 3.53. The third kappa shape index (κ3) is 4.56. The van der Waals surface area contributed by atoms with Crippen LogP contribution in [0.15, 0.2) is 12.7 Å². The lowest BCUT2D eigenvalue weighted by atomic mass is 10.1. The summed E-state index contributed by atoms with van der Waals surface area (Å²) >= 11 is 0. The second-order valence-electron chi connectivity index (χ2n) is 2.66. The Hall–Kier alpha value is -0.830. The molecule has 0 aromatic heterocycles. The molecule has 0 aliphatic heterocycles. The highest BCUT2D eigenvalue weighted by atomic mass is 16.5. The van der Waals surface area contributed by atoms with Gasteiger partial charge in [-0.2, -0.15) is 0 Å². The largest absolute Gasteiger partial charge is 0.459 e. The molecule has 3 nitrogen and oxygen atoms in total. The molecule has 0 radical (unpaired) electrons. The van der Waals surface area contributed by atoms with Gasteiger partial charge in [-0.1, -0.05) is 13.5 Å². The number of ether oxygens (including phenoxy) is 1. The number of hydrogen-bond acceptors (Lipinski definition) is 3. The highest BCUT2D eigenvalue weighted by molar-refractivity contribution is 5.81. The molecule has 11 heavy (non-hydrogen) atoms. The molecule has 0 fully saturated rings. The minimum Gasteiger partial charge on any atom is -0.459 e. The predicted octanol–water partition coefficient (Wildman–Crippen LogP) is 0.877. The molecule has 1 unspecified atom stereocenters. The summed E-state index contributed by atoms with van der Waals surface area (Å²) in [5, 5.41) is 9.36. The van der Waals surface area contributed by atoms with E-state index in [0.717, 1.165) is 6.08 Å². The van der Waals surface area contributed by atoms with Gasteiger partial charge in [0.2, 0.25) is 0 Å². The van der Waals surface area contributed by atoms with E-state index in [-0.39, 0.29) is 6.61 Å².